The molecule has 3 heteroatoms. The third-order valence-corrected chi connectivity index (χ3v) is 11.0. The van der Waals surface area contributed by atoms with E-state index >= 15 is 0 Å². The Hall–Kier alpha value is -7.36. The van der Waals surface area contributed by atoms with E-state index < -0.39 is 0 Å². The average molecular weight is 700 g/mol. The van der Waals surface area contributed by atoms with Crippen molar-refractivity contribution in [2.45, 2.75) is 0 Å². The van der Waals surface area contributed by atoms with Gasteiger partial charge in [0.25, 0.3) is 0 Å². The van der Waals surface area contributed by atoms with Gasteiger partial charge in [-0.3, -0.25) is 4.98 Å². The molecule has 0 fully saturated rings. The van der Waals surface area contributed by atoms with Crippen molar-refractivity contribution in [1.82, 2.24) is 14.5 Å². The average Bonchev–Trinajstić information content (AvgIpc) is 3.60. The summed E-state index contributed by atoms with van der Waals surface area (Å²) in [7, 11) is 0. The first-order valence-corrected chi connectivity index (χ1v) is 18.7. The van der Waals surface area contributed by atoms with Crippen molar-refractivity contribution in [3.63, 3.8) is 0 Å². The van der Waals surface area contributed by atoms with Gasteiger partial charge in [-0.25, -0.2) is 4.98 Å². The van der Waals surface area contributed by atoms with Crippen LogP contribution in [0.1, 0.15) is 0 Å². The van der Waals surface area contributed by atoms with Crippen LogP contribution in [-0.4, -0.2) is 14.5 Å². The van der Waals surface area contributed by atoms with Crippen LogP contribution in [0.15, 0.2) is 200 Å². The van der Waals surface area contributed by atoms with E-state index in [0.29, 0.717) is 0 Å². The van der Waals surface area contributed by atoms with Crippen molar-refractivity contribution in [3.8, 4) is 50.3 Å². The van der Waals surface area contributed by atoms with Gasteiger partial charge in [0, 0.05) is 32.8 Å². The summed E-state index contributed by atoms with van der Waals surface area (Å²) >= 11 is 0. The first-order valence-electron chi connectivity index (χ1n) is 18.7. The summed E-state index contributed by atoms with van der Waals surface area (Å²) in [5.74, 6) is 0. The van der Waals surface area contributed by atoms with Crippen LogP contribution in [-0.2, 0) is 0 Å². The minimum absolute atomic E-state index is 0.852. The van der Waals surface area contributed by atoms with Crippen molar-refractivity contribution in [2.75, 3.05) is 0 Å². The molecular weight excluding hydrogens is 667 g/mol. The molecule has 0 radical (unpaired) electrons. The molecule has 0 aliphatic heterocycles. The Labute approximate surface area is 318 Å². The van der Waals surface area contributed by atoms with Crippen molar-refractivity contribution in [2.24, 2.45) is 0 Å². The lowest BCUT2D eigenvalue weighted by Crippen LogP contribution is -1.93. The van der Waals surface area contributed by atoms with Crippen LogP contribution >= 0.6 is 0 Å². The Kier molecular flexibility index (Phi) is 7.17. The fraction of sp³-hybridized carbons (Fsp3) is 0. The maximum absolute atomic E-state index is 5.40. The molecule has 0 atom stereocenters. The van der Waals surface area contributed by atoms with E-state index in [-0.39, 0.29) is 0 Å². The highest BCUT2D eigenvalue weighted by molar-refractivity contribution is 6.24. The van der Waals surface area contributed by atoms with E-state index in [2.05, 4.69) is 199 Å². The zero-order valence-electron chi connectivity index (χ0n) is 29.9. The molecule has 256 valence electrons. The number of hydrogen-bond acceptors (Lipinski definition) is 2. The van der Waals surface area contributed by atoms with Crippen LogP contribution in [0.4, 0.5) is 0 Å². The van der Waals surface area contributed by atoms with Gasteiger partial charge in [0.2, 0.25) is 0 Å². The van der Waals surface area contributed by atoms with E-state index in [4.69, 9.17) is 9.97 Å². The zero-order chi connectivity index (χ0) is 36.3. The molecule has 2 heterocycles. The Bertz CT molecular complexity index is 3220. The van der Waals surface area contributed by atoms with E-state index in [1.165, 1.54) is 54.8 Å². The van der Waals surface area contributed by atoms with Gasteiger partial charge in [-0.2, -0.15) is 0 Å². The highest BCUT2D eigenvalue weighted by Gasteiger charge is 2.16. The van der Waals surface area contributed by atoms with E-state index in [9.17, 15) is 0 Å². The maximum atomic E-state index is 5.40. The van der Waals surface area contributed by atoms with E-state index in [0.717, 1.165) is 49.9 Å². The molecule has 55 heavy (non-hydrogen) atoms. The van der Waals surface area contributed by atoms with Gasteiger partial charge in [-0.15, -0.1) is 0 Å². The second-order valence-corrected chi connectivity index (χ2v) is 14.2. The fourth-order valence-electron chi connectivity index (χ4n) is 8.32. The first-order chi connectivity index (χ1) is 27.3. The summed E-state index contributed by atoms with van der Waals surface area (Å²) in [6, 6.07) is 69.4. The van der Waals surface area contributed by atoms with Gasteiger partial charge in [-0.1, -0.05) is 152 Å². The number of hydrogen-bond donors (Lipinski definition) is 0. The van der Waals surface area contributed by atoms with Crippen molar-refractivity contribution in [3.05, 3.63) is 200 Å². The van der Waals surface area contributed by atoms with Crippen LogP contribution in [0, 0.1) is 0 Å². The molecule has 0 aliphatic carbocycles. The molecule has 0 aliphatic rings. The molecule has 0 saturated heterocycles. The van der Waals surface area contributed by atoms with Crippen molar-refractivity contribution < 1.29 is 0 Å². The summed E-state index contributed by atoms with van der Waals surface area (Å²) in [5, 5.41) is 7.05. The number of nitrogens with zero attached hydrogens (tertiary/aromatic N) is 3. The lowest BCUT2D eigenvalue weighted by Gasteiger charge is -2.13. The number of aromatic nitrogens is 3. The summed E-state index contributed by atoms with van der Waals surface area (Å²) in [6.07, 6.45) is 1.93. The molecule has 0 spiro atoms. The lowest BCUT2D eigenvalue weighted by molar-refractivity contribution is 1.18. The molecule has 3 nitrogen and oxygen atoms in total. The second-order valence-electron chi connectivity index (χ2n) is 14.2. The molecule has 0 N–H and O–H groups in total. The summed E-state index contributed by atoms with van der Waals surface area (Å²) in [5.41, 5.74) is 14.3. The fourth-order valence-corrected chi connectivity index (χ4v) is 8.32. The van der Waals surface area contributed by atoms with Crippen molar-refractivity contribution >= 4 is 54.4 Å². The van der Waals surface area contributed by atoms with Gasteiger partial charge < -0.3 is 4.57 Å². The smallest absolute Gasteiger partial charge is 0.0979 e. The predicted octanol–water partition coefficient (Wildman–Crippen LogP) is 13.7. The largest absolute Gasteiger partial charge is 0.309 e. The zero-order valence-corrected chi connectivity index (χ0v) is 29.9. The standard InChI is InChI=1S/C52H33N3/c1-4-12-34(13-5-1)38-24-27-42-43-28-25-39(35-14-6-2-7-15-35)32-47(43)52-51(46(42)31-38)53-33-48(54-52)37-22-20-36(21-23-37)40-26-29-50-45(30-40)44-18-10-11-19-49(44)55(50)41-16-8-3-9-17-41/h1-33H. The Morgan fingerprint density at radius 2 is 0.782 bits per heavy atom. The lowest BCUT2D eigenvalue weighted by atomic mass is 9.93. The number of para-hydroxylation sites is 2. The third kappa shape index (κ3) is 5.20. The first kappa shape index (κ1) is 31.2. The predicted molar refractivity (Wildman–Crippen MR) is 231 cm³/mol. The quantitative estimate of drug-likeness (QED) is 0.167. The Balaban J connectivity index is 1.04. The van der Waals surface area contributed by atoms with Gasteiger partial charge in [-0.05, 0) is 86.6 Å². The van der Waals surface area contributed by atoms with Crippen LogP contribution in [0.3, 0.4) is 0 Å². The molecule has 11 rings (SSSR count). The molecule has 9 aromatic carbocycles. The van der Waals surface area contributed by atoms with Gasteiger partial charge in [0.15, 0.2) is 0 Å². The van der Waals surface area contributed by atoms with Crippen molar-refractivity contribution in [1.29, 1.82) is 0 Å². The summed E-state index contributed by atoms with van der Waals surface area (Å²) in [4.78, 5) is 10.6. The van der Waals surface area contributed by atoms with Crippen LogP contribution in [0.25, 0.3) is 105 Å². The highest BCUT2D eigenvalue weighted by atomic mass is 15.0. The SMILES string of the molecule is c1ccc(-c2ccc3c4ccc(-c5ccccc5)cc4c4nc(-c5ccc(-c6ccc7c(c6)c6ccccc6n7-c6ccccc6)cc5)cnc4c3c2)cc1. The van der Waals surface area contributed by atoms with Gasteiger partial charge in [0.1, 0.15) is 0 Å². The molecular formula is C52H33N3. The minimum atomic E-state index is 0.852. The molecule has 0 unspecified atom stereocenters. The summed E-state index contributed by atoms with van der Waals surface area (Å²) in [6.45, 7) is 0. The summed E-state index contributed by atoms with van der Waals surface area (Å²) < 4.78 is 2.36. The highest BCUT2D eigenvalue weighted by Crippen LogP contribution is 2.39. The second kappa shape index (κ2) is 12.6. The monoisotopic (exact) mass is 699 g/mol. The van der Waals surface area contributed by atoms with Crippen LogP contribution in [0.2, 0.25) is 0 Å². The third-order valence-electron chi connectivity index (χ3n) is 11.0. The molecule has 0 amide bonds. The van der Waals surface area contributed by atoms with Crippen LogP contribution < -0.4 is 0 Å². The Morgan fingerprint density at radius 3 is 1.44 bits per heavy atom. The molecule has 0 saturated carbocycles. The molecule has 2 aromatic heterocycles. The number of fused-ring (bicyclic) bond motifs is 9. The molecule has 0 bridgehead atoms. The van der Waals surface area contributed by atoms with E-state index in [1.807, 2.05) is 6.20 Å². The van der Waals surface area contributed by atoms with Gasteiger partial charge in [0.05, 0.1) is 34.0 Å². The normalized spacial score (nSPS) is 11.6. The number of rotatable bonds is 5. The maximum Gasteiger partial charge on any atom is 0.0979 e. The van der Waals surface area contributed by atoms with E-state index in [1.54, 1.807) is 0 Å². The Morgan fingerprint density at radius 1 is 0.309 bits per heavy atom. The van der Waals surface area contributed by atoms with Crippen LogP contribution in [0.5, 0.6) is 0 Å². The number of benzene rings is 9. The molecule has 11 aromatic rings. The topological polar surface area (TPSA) is 30.7 Å². The van der Waals surface area contributed by atoms with Gasteiger partial charge >= 0.3 is 0 Å². The minimum Gasteiger partial charge on any atom is -0.309 e.